The summed E-state index contributed by atoms with van der Waals surface area (Å²) in [6, 6.07) is 56.6. The van der Waals surface area contributed by atoms with Gasteiger partial charge in [0.15, 0.2) is 17.5 Å². The van der Waals surface area contributed by atoms with Crippen LogP contribution in [0, 0.1) is 0 Å². The number of hydrogen-bond donors (Lipinski definition) is 0. The number of benzene rings is 6. The Morgan fingerprint density at radius 2 is 0.778 bits per heavy atom. The summed E-state index contributed by atoms with van der Waals surface area (Å²) < 4.78 is 2.24. The van der Waals surface area contributed by atoms with Crippen molar-refractivity contribution in [1.82, 2.24) is 19.5 Å². The quantitative estimate of drug-likeness (QED) is 0.198. The van der Waals surface area contributed by atoms with Crippen LogP contribution in [0.1, 0.15) is 0 Å². The minimum absolute atomic E-state index is 0.646. The molecule has 0 aliphatic heterocycles. The molecule has 45 heavy (non-hydrogen) atoms. The van der Waals surface area contributed by atoms with Gasteiger partial charge in [0.1, 0.15) is 0 Å². The second kappa shape index (κ2) is 11.5. The van der Waals surface area contributed by atoms with Crippen LogP contribution < -0.4 is 0 Å². The van der Waals surface area contributed by atoms with Crippen LogP contribution in [0.15, 0.2) is 170 Å². The van der Waals surface area contributed by atoms with E-state index in [0.717, 1.165) is 39.1 Å². The lowest BCUT2D eigenvalue weighted by molar-refractivity contribution is 1.07. The fourth-order valence-electron chi connectivity index (χ4n) is 5.80. The zero-order chi connectivity index (χ0) is 30.0. The Morgan fingerprint density at radius 3 is 1.40 bits per heavy atom. The van der Waals surface area contributed by atoms with E-state index in [4.69, 9.17) is 15.0 Å². The summed E-state index contributed by atoms with van der Waals surface area (Å²) in [4.78, 5) is 14.7. The van der Waals surface area contributed by atoms with E-state index < -0.39 is 0 Å². The van der Waals surface area contributed by atoms with E-state index in [9.17, 15) is 0 Å². The molecular formula is C41H28N4. The largest absolute Gasteiger partial charge is 0.317 e. The Labute approximate surface area is 262 Å². The third-order valence-electron chi connectivity index (χ3n) is 8.07. The predicted octanol–water partition coefficient (Wildman–Crippen LogP) is 10.2. The summed E-state index contributed by atoms with van der Waals surface area (Å²) in [7, 11) is 0. The third-order valence-corrected chi connectivity index (χ3v) is 8.07. The molecule has 0 radical (unpaired) electrons. The molecule has 0 saturated heterocycles. The fourth-order valence-corrected chi connectivity index (χ4v) is 5.80. The molecule has 0 saturated carbocycles. The van der Waals surface area contributed by atoms with Crippen LogP contribution in [0.3, 0.4) is 0 Å². The van der Waals surface area contributed by atoms with Crippen molar-refractivity contribution in [2.24, 2.45) is 0 Å². The Hall–Kier alpha value is -6.13. The third kappa shape index (κ3) is 5.30. The average molecular weight is 577 g/mol. The molecule has 0 amide bonds. The fraction of sp³-hybridized carbons (Fsp3) is 0. The van der Waals surface area contributed by atoms with Crippen molar-refractivity contribution in [3.63, 3.8) is 0 Å². The lowest BCUT2D eigenvalue weighted by Gasteiger charge is -2.11. The van der Waals surface area contributed by atoms with Crippen molar-refractivity contribution in [2.45, 2.75) is 0 Å². The minimum atomic E-state index is 0.646. The first-order chi connectivity index (χ1) is 22.3. The van der Waals surface area contributed by atoms with Crippen LogP contribution in [0.25, 0.3) is 73.0 Å². The van der Waals surface area contributed by atoms with Gasteiger partial charge in [-0.3, -0.25) is 0 Å². The standard InChI is InChI=1S/C41H28N4/c1-3-13-30(14-4-1)39-42-40(31-15-5-2-6-16-31)44-41(43-39)36-21-10-19-34(27-36)32-17-9-18-33(26-32)35-20-11-22-37(28-35)45-25-24-29-12-7-8-23-38(29)45/h1-28H. The Bertz CT molecular complexity index is 2210. The number of para-hydroxylation sites is 1. The summed E-state index contributed by atoms with van der Waals surface area (Å²) >= 11 is 0. The highest BCUT2D eigenvalue weighted by Crippen LogP contribution is 2.31. The minimum Gasteiger partial charge on any atom is -0.317 e. The van der Waals surface area contributed by atoms with Crippen LogP contribution in [0.4, 0.5) is 0 Å². The van der Waals surface area contributed by atoms with Crippen LogP contribution in [-0.4, -0.2) is 19.5 Å². The first kappa shape index (κ1) is 26.5. The molecule has 0 aliphatic carbocycles. The SMILES string of the molecule is c1ccc(-c2nc(-c3ccccc3)nc(-c3cccc(-c4cccc(-c5cccc(-n6ccc7ccccc76)c5)c4)c3)n2)cc1. The predicted molar refractivity (Wildman–Crippen MR) is 184 cm³/mol. The number of aromatic nitrogens is 4. The van der Waals surface area contributed by atoms with Gasteiger partial charge in [-0.15, -0.1) is 0 Å². The van der Waals surface area contributed by atoms with E-state index >= 15 is 0 Å². The molecule has 0 N–H and O–H groups in total. The summed E-state index contributed by atoms with van der Waals surface area (Å²) in [6.07, 6.45) is 2.14. The van der Waals surface area contributed by atoms with Crippen molar-refractivity contribution in [1.29, 1.82) is 0 Å². The number of nitrogens with zero attached hydrogens (tertiary/aromatic N) is 4. The summed E-state index contributed by atoms with van der Waals surface area (Å²) in [6.45, 7) is 0. The van der Waals surface area contributed by atoms with E-state index in [1.807, 2.05) is 60.7 Å². The van der Waals surface area contributed by atoms with Gasteiger partial charge >= 0.3 is 0 Å². The molecule has 0 bridgehead atoms. The van der Waals surface area contributed by atoms with Gasteiger partial charge in [-0.1, -0.05) is 127 Å². The molecule has 0 aliphatic rings. The van der Waals surface area contributed by atoms with Crippen LogP contribution in [0.5, 0.6) is 0 Å². The Kier molecular flexibility index (Phi) is 6.78. The molecule has 0 atom stereocenters. The molecule has 2 aromatic heterocycles. The van der Waals surface area contributed by atoms with Gasteiger partial charge in [0.2, 0.25) is 0 Å². The second-order valence-corrected chi connectivity index (χ2v) is 11.0. The molecule has 212 valence electrons. The van der Waals surface area contributed by atoms with E-state index in [2.05, 4.69) is 114 Å². The highest BCUT2D eigenvalue weighted by atomic mass is 15.0. The number of rotatable bonds is 6. The van der Waals surface area contributed by atoms with E-state index in [1.54, 1.807) is 0 Å². The summed E-state index contributed by atoms with van der Waals surface area (Å²) in [5.41, 5.74) is 9.75. The van der Waals surface area contributed by atoms with Crippen LogP contribution in [0.2, 0.25) is 0 Å². The van der Waals surface area contributed by atoms with Gasteiger partial charge in [0.05, 0.1) is 5.52 Å². The highest BCUT2D eigenvalue weighted by molar-refractivity contribution is 5.83. The smallest absolute Gasteiger partial charge is 0.164 e. The monoisotopic (exact) mass is 576 g/mol. The zero-order valence-corrected chi connectivity index (χ0v) is 24.5. The van der Waals surface area contributed by atoms with E-state index in [1.165, 1.54) is 16.5 Å². The van der Waals surface area contributed by atoms with E-state index in [-0.39, 0.29) is 0 Å². The van der Waals surface area contributed by atoms with Crippen molar-refractivity contribution in [3.05, 3.63) is 170 Å². The molecule has 6 aromatic carbocycles. The average Bonchev–Trinajstić information content (AvgIpc) is 3.57. The molecule has 0 fully saturated rings. The second-order valence-electron chi connectivity index (χ2n) is 11.0. The van der Waals surface area contributed by atoms with Gasteiger partial charge in [0, 0.05) is 28.6 Å². The number of fused-ring (bicyclic) bond motifs is 1. The topological polar surface area (TPSA) is 43.6 Å². The first-order valence-corrected chi connectivity index (χ1v) is 15.0. The Morgan fingerprint density at radius 1 is 0.333 bits per heavy atom. The van der Waals surface area contributed by atoms with Gasteiger partial charge in [0.25, 0.3) is 0 Å². The van der Waals surface area contributed by atoms with Gasteiger partial charge in [-0.2, -0.15) is 0 Å². The molecule has 4 heteroatoms. The van der Waals surface area contributed by atoms with E-state index in [0.29, 0.717) is 17.5 Å². The number of hydrogen-bond acceptors (Lipinski definition) is 3. The molecule has 0 spiro atoms. The zero-order valence-electron chi connectivity index (χ0n) is 24.5. The maximum absolute atomic E-state index is 4.93. The summed E-state index contributed by atoms with van der Waals surface area (Å²) in [5.74, 6) is 1.96. The van der Waals surface area contributed by atoms with Gasteiger partial charge < -0.3 is 4.57 Å². The maximum Gasteiger partial charge on any atom is 0.164 e. The lowest BCUT2D eigenvalue weighted by Crippen LogP contribution is -2.00. The lowest BCUT2D eigenvalue weighted by atomic mass is 9.97. The molecule has 4 nitrogen and oxygen atoms in total. The van der Waals surface area contributed by atoms with Crippen LogP contribution in [-0.2, 0) is 0 Å². The summed E-state index contributed by atoms with van der Waals surface area (Å²) in [5, 5.41) is 1.23. The van der Waals surface area contributed by atoms with Crippen molar-refractivity contribution in [2.75, 3.05) is 0 Å². The highest BCUT2D eigenvalue weighted by Gasteiger charge is 2.13. The molecule has 8 aromatic rings. The van der Waals surface area contributed by atoms with Crippen LogP contribution >= 0.6 is 0 Å². The molecule has 0 unspecified atom stereocenters. The Balaban J connectivity index is 1.17. The van der Waals surface area contributed by atoms with Crippen molar-refractivity contribution in [3.8, 4) is 62.1 Å². The van der Waals surface area contributed by atoms with Crippen molar-refractivity contribution < 1.29 is 0 Å². The van der Waals surface area contributed by atoms with Gasteiger partial charge in [-0.25, -0.2) is 15.0 Å². The normalized spacial score (nSPS) is 11.1. The molecule has 8 rings (SSSR count). The molecular weight excluding hydrogens is 548 g/mol. The molecule has 2 heterocycles. The maximum atomic E-state index is 4.93. The van der Waals surface area contributed by atoms with Gasteiger partial charge in [-0.05, 0) is 64.0 Å². The first-order valence-electron chi connectivity index (χ1n) is 15.0. The van der Waals surface area contributed by atoms with Crippen molar-refractivity contribution >= 4 is 10.9 Å².